The molecule has 5 heteroatoms. The van der Waals surface area contributed by atoms with Crippen molar-refractivity contribution in [2.45, 2.75) is 6.92 Å². The molecule has 88 valence electrons. The molecule has 0 aliphatic heterocycles. The number of hydrogen-bond donors (Lipinski definition) is 0. The van der Waals surface area contributed by atoms with Crippen molar-refractivity contribution < 1.29 is 14.1 Å². The van der Waals surface area contributed by atoms with E-state index in [1.165, 1.54) is 6.26 Å². The van der Waals surface area contributed by atoms with E-state index in [0.29, 0.717) is 17.2 Å². The Kier molecular flexibility index (Phi) is 3.44. The maximum Gasteiger partial charge on any atom is 0.361 e. The van der Waals surface area contributed by atoms with Gasteiger partial charge in [0, 0.05) is 5.02 Å². The normalized spacial score (nSPS) is 10.2. The van der Waals surface area contributed by atoms with E-state index < -0.39 is 5.97 Å². The van der Waals surface area contributed by atoms with Gasteiger partial charge >= 0.3 is 5.97 Å². The third kappa shape index (κ3) is 2.47. The van der Waals surface area contributed by atoms with Crippen LogP contribution in [0.15, 0.2) is 35.1 Å². The molecule has 2 rings (SSSR count). The lowest BCUT2D eigenvalue weighted by molar-refractivity contribution is 0.0515. The number of benzene rings is 1. The van der Waals surface area contributed by atoms with Gasteiger partial charge in [-0.15, -0.1) is 0 Å². The summed E-state index contributed by atoms with van der Waals surface area (Å²) in [4.78, 5) is 11.6. The first-order valence-electron chi connectivity index (χ1n) is 5.09. The van der Waals surface area contributed by atoms with Crippen molar-refractivity contribution >= 4 is 17.6 Å². The second-order valence-corrected chi connectivity index (χ2v) is 3.74. The number of esters is 1. The predicted octanol–water partition coefficient (Wildman–Crippen LogP) is 3.17. The van der Waals surface area contributed by atoms with Crippen LogP contribution in [0.1, 0.15) is 17.4 Å². The highest BCUT2D eigenvalue weighted by Crippen LogP contribution is 2.25. The summed E-state index contributed by atoms with van der Waals surface area (Å²) in [6.45, 7) is 2.03. The lowest BCUT2D eigenvalue weighted by Gasteiger charge is -2.01. The summed E-state index contributed by atoms with van der Waals surface area (Å²) in [6.07, 6.45) is 1.41. The Labute approximate surface area is 103 Å². The molecule has 0 amide bonds. The Balaban J connectivity index is 2.36. The van der Waals surface area contributed by atoms with E-state index in [0.717, 1.165) is 5.56 Å². The molecule has 0 saturated carbocycles. The monoisotopic (exact) mass is 251 g/mol. The maximum atomic E-state index is 11.6. The van der Waals surface area contributed by atoms with Gasteiger partial charge in [0.25, 0.3) is 0 Å². The van der Waals surface area contributed by atoms with Gasteiger partial charge < -0.3 is 9.26 Å². The highest BCUT2D eigenvalue weighted by Gasteiger charge is 2.18. The van der Waals surface area contributed by atoms with Crippen LogP contribution in [0.2, 0.25) is 5.02 Å². The van der Waals surface area contributed by atoms with E-state index in [1.807, 2.05) is 0 Å². The van der Waals surface area contributed by atoms with Crippen LogP contribution in [-0.4, -0.2) is 17.7 Å². The molecule has 17 heavy (non-hydrogen) atoms. The van der Waals surface area contributed by atoms with Crippen LogP contribution in [0.3, 0.4) is 0 Å². The quantitative estimate of drug-likeness (QED) is 0.787. The van der Waals surface area contributed by atoms with Crippen LogP contribution in [0.25, 0.3) is 11.1 Å². The lowest BCUT2D eigenvalue weighted by atomic mass is 10.1. The van der Waals surface area contributed by atoms with Crippen molar-refractivity contribution in [1.82, 2.24) is 5.16 Å². The van der Waals surface area contributed by atoms with Gasteiger partial charge in [0.05, 0.1) is 12.2 Å². The molecule has 0 bridgehead atoms. The van der Waals surface area contributed by atoms with E-state index >= 15 is 0 Å². The van der Waals surface area contributed by atoms with Crippen LogP contribution in [0.4, 0.5) is 0 Å². The molecular weight excluding hydrogens is 242 g/mol. The fraction of sp³-hybridized carbons (Fsp3) is 0.167. The second kappa shape index (κ2) is 5.01. The summed E-state index contributed by atoms with van der Waals surface area (Å²) in [6, 6.07) is 7.05. The molecule has 1 aromatic carbocycles. The van der Waals surface area contributed by atoms with Gasteiger partial charge in [0.15, 0.2) is 5.69 Å². The topological polar surface area (TPSA) is 52.3 Å². The van der Waals surface area contributed by atoms with Gasteiger partial charge in [-0.2, -0.15) is 0 Å². The van der Waals surface area contributed by atoms with E-state index in [9.17, 15) is 4.79 Å². The number of rotatable bonds is 3. The summed E-state index contributed by atoms with van der Waals surface area (Å²) in [5.74, 6) is -0.494. The highest BCUT2D eigenvalue weighted by atomic mass is 35.5. The van der Waals surface area contributed by atoms with Crippen molar-refractivity contribution in [3.05, 3.63) is 41.2 Å². The van der Waals surface area contributed by atoms with Crippen LogP contribution >= 0.6 is 11.6 Å². The smallest absolute Gasteiger partial charge is 0.361 e. The molecule has 1 heterocycles. The molecule has 0 aliphatic carbocycles. The zero-order valence-corrected chi connectivity index (χ0v) is 9.90. The van der Waals surface area contributed by atoms with E-state index in [4.69, 9.17) is 20.9 Å². The highest BCUT2D eigenvalue weighted by molar-refractivity contribution is 6.30. The first-order valence-corrected chi connectivity index (χ1v) is 5.47. The zero-order chi connectivity index (χ0) is 12.3. The molecule has 4 nitrogen and oxygen atoms in total. The lowest BCUT2D eigenvalue weighted by Crippen LogP contribution is -2.06. The Hall–Kier alpha value is -1.81. The van der Waals surface area contributed by atoms with Gasteiger partial charge in [0.2, 0.25) is 0 Å². The number of hydrogen-bond acceptors (Lipinski definition) is 4. The molecular formula is C12H10ClNO3. The number of nitrogens with zero attached hydrogens (tertiary/aromatic N) is 1. The molecule has 1 aromatic heterocycles. The molecule has 0 fully saturated rings. The van der Waals surface area contributed by atoms with Gasteiger partial charge in [-0.25, -0.2) is 4.79 Å². The summed E-state index contributed by atoms with van der Waals surface area (Å²) < 4.78 is 9.70. The van der Waals surface area contributed by atoms with Crippen LogP contribution in [-0.2, 0) is 4.74 Å². The van der Waals surface area contributed by atoms with Crippen LogP contribution in [0, 0.1) is 0 Å². The number of ether oxygens (including phenoxy) is 1. The fourth-order valence-electron chi connectivity index (χ4n) is 1.42. The number of aromatic nitrogens is 1. The molecule has 0 radical (unpaired) electrons. The average Bonchev–Trinajstić information content (AvgIpc) is 2.79. The molecule has 0 aliphatic rings. The first-order chi connectivity index (χ1) is 8.22. The molecule has 0 spiro atoms. The predicted molar refractivity (Wildman–Crippen MR) is 62.9 cm³/mol. The third-order valence-corrected chi connectivity index (χ3v) is 2.45. The van der Waals surface area contributed by atoms with Crippen molar-refractivity contribution in [3.63, 3.8) is 0 Å². The third-order valence-electron chi connectivity index (χ3n) is 2.19. The SMILES string of the molecule is CCOC(=O)c1nocc1-c1ccc(Cl)cc1. The van der Waals surface area contributed by atoms with E-state index in [-0.39, 0.29) is 5.69 Å². The molecule has 2 aromatic rings. The van der Waals surface area contributed by atoms with Gasteiger partial charge in [-0.3, -0.25) is 0 Å². The van der Waals surface area contributed by atoms with Crippen LogP contribution < -0.4 is 0 Å². The second-order valence-electron chi connectivity index (χ2n) is 3.30. The maximum absolute atomic E-state index is 11.6. The fourth-order valence-corrected chi connectivity index (χ4v) is 1.54. The van der Waals surface area contributed by atoms with Crippen molar-refractivity contribution in [2.24, 2.45) is 0 Å². The Morgan fingerprint density at radius 1 is 1.41 bits per heavy atom. The molecule has 0 saturated heterocycles. The van der Waals surface area contributed by atoms with Gasteiger partial charge in [-0.05, 0) is 24.6 Å². The van der Waals surface area contributed by atoms with Crippen LogP contribution in [0.5, 0.6) is 0 Å². The van der Waals surface area contributed by atoms with Gasteiger partial charge in [-0.1, -0.05) is 28.9 Å². The number of carbonyl (C=O) groups is 1. The standard InChI is InChI=1S/C12H10ClNO3/c1-2-16-12(15)11-10(7-17-14-11)8-3-5-9(13)6-4-8/h3-7H,2H2,1H3. The Bertz CT molecular complexity index is 519. The van der Waals surface area contributed by atoms with Crippen molar-refractivity contribution in [1.29, 1.82) is 0 Å². The minimum absolute atomic E-state index is 0.175. The molecule has 0 unspecified atom stereocenters. The summed E-state index contributed by atoms with van der Waals surface area (Å²) >= 11 is 5.79. The minimum Gasteiger partial charge on any atom is -0.461 e. The van der Waals surface area contributed by atoms with Crippen molar-refractivity contribution in [3.8, 4) is 11.1 Å². The number of halogens is 1. The Morgan fingerprint density at radius 3 is 2.76 bits per heavy atom. The molecule has 0 N–H and O–H groups in total. The zero-order valence-electron chi connectivity index (χ0n) is 9.14. The Morgan fingerprint density at radius 2 is 2.12 bits per heavy atom. The summed E-state index contributed by atoms with van der Waals surface area (Å²) in [7, 11) is 0. The van der Waals surface area contributed by atoms with Crippen molar-refractivity contribution in [2.75, 3.05) is 6.61 Å². The van der Waals surface area contributed by atoms with E-state index in [1.54, 1.807) is 31.2 Å². The largest absolute Gasteiger partial charge is 0.461 e. The van der Waals surface area contributed by atoms with Gasteiger partial charge in [0.1, 0.15) is 6.26 Å². The average molecular weight is 252 g/mol. The number of carbonyl (C=O) groups excluding carboxylic acids is 1. The minimum atomic E-state index is -0.494. The van der Waals surface area contributed by atoms with E-state index in [2.05, 4.69) is 5.16 Å². The summed E-state index contributed by atoms with van der Waals surface area (Å²) in [5, 5.41) is 4.28. The molecule has 0 atom stereocenters. The first kappa shape index (κ1) is 11.7. The summed E-state index contributed by atoms with van der Waals surface area (Å²) in [5.41, 5.74) is 1.58.